The van der Waals surface area contributed by atoms with E-state index in [-0.39, 0.29) is 49.4 Å². The van der Waals surface area contributed by atoms with Crippen molar-refractivity contribution in [1.82, 2.24) is 0 Å². The normalized spacial score (nSPS) is 30.8. The van der Waals surface area contributed by atoms with Crippen LogP contribution < -0.4 is 0 Å². The van der Waals surface area contributed by atoms with Crippen molar-refractivity contribution in [2.45, 2.75) is 206 Å². The van der Waals surface area contributed by atoms with Crippen LogP contribution in [0.2, 0.25) is 36.3 Å². The van der Waals surface area contributed by atoms with Crippen LogP contribution in [0.3, 0.4) is 0 Å². The Morgan fingerprint density at radius 2 is 1.62 bits per heavy atom. The van der Waals surface area contributed by atoms with E-state index >= 15 is 0 Å². The second kappa shape index (κ2) is 21.1. The molecule has 1 saturated heterocycles. The highest BCUT2D eigenvalue weighted by atomic mass is 28.4. The Labute approximate surface area is 324 Å². The molecular weight excluding hydrogens is 705 g/mol. The number of esters is 2. The first-order chi connectivity index (χ1) is 24.8. The zero-order valence-corrected chi connectivity index (χ0v) is 37.5. The molecule has 0 saturated carbocycles. The van der Waals surface area contributed by atoms with Crippen molar-refractivity contribution in [1.29, 1.82) is 0 Å². The Balaban J connectivity index is 2.42. The third-order valence-corrected chi connectivity index (χ3v) is 21.8. The first-order valence-corrected chi connectivity index (χ1v) is 25.7. The van der Waals surface area contributed by atoms with Gasteiger partial charge in [-0.3, -0.25) is 9.59 Å². The predicted octanol–water partition coefficient (Wildman–Crippen LogP) is 9.20. The summed E-state index contributed by atoms with van der Waals surface area (Å²) < 4.78 is 32.1. The van der Waals surface area contributed by atoms with Gasteiger partial charge in [-0.25, -0.2) is 0 Å². The molecule has 2 heterocycles. The van der Waals surface area contributed by atoms with Gasteiger partial charge in [0.2, 0.25) is 0 Å². The zero-order valence-electron chi connectivity index (χ0n) is 35.5. The third-order valence-electron chi connectivity index (χ3n) is 12.3. The largest absolute Gasteiger partial charge is 0.457 e. The summed E-state index contributed by atoms with van der Waals surface area (Å²) in [6, 6.07) is 6.49. The number of hydrogen-bond acceptors (Lipinski definition) is 9. The first-order valence-electron chi connectivity index (χ1n) is 20.7. The number of carbonyl (C=O) groups excluding carboxylic acids is 2. The first kappa shape index (κ1) is 47.5. The molecule has 0 aliphatic carbocycles. The highest BCUT2D eigenvalue weighted by Crippen LogP contribution is 2.42. The van der Waals surface area contributed by atoms with Crippen molar-refractivity contribution in [3.63, 3.8) is 0 Å². The summed E-state index contributed by atoms with van der Waals surface area (Å²) in [6.07, 6.45) is 9.24. The van der Waals surface area contributed by atoms with Crippen LogP contribution in [0.5, 0.6) is 0 Å². The minimum atomic E-state index is -2.02. The Morgan fingerprint density at radius 1 is 1.04 bits per heavy atom. The van der Waals surface area contributed by atoms with E-state index in [4.69, 9.17) is 23.1 Å². The Kier molecular flexibility index (Phi) is 18.9. The van der Waals surface area contributed by atoms with Crippen LogP contribution >= 0.6 is 0 Å². The number of ether oxygens (including phenoxy) is 3. The number of rotatable bonds is 19. The number of epoxide rings is 1. The molecule has 2 N–H and O–H groups in total. The van der Waals surface area contributed by atoms with Crippen LogP contribution in [0.25, 0.3) is 0 Å². The maximum absolute atomic E-state index is 13.0. The molecule has 2 aliphatic rings. The van der Waals surface area contributed by atoms with Gasteiger partial charge >= 0.3 is 11.9 Å². The molecule has 2 rings (SSSR count). The van der Waals surface area contributed by atoms with E-state index < -0.39 is 58.1 Å². The molecule has 10 atom stereocenters. The topological polar surface area (TPSA) is 124 Å². The second-order valence-corrected chi connectivity index (χ2v) is 25.8. The van der Waals surface area contributed by atoms with E-state index in [1.807, 2.05) is 32.1 Å². The van der Waals surface area contributed by atoms with E-state index in [0.717, 1.165) is 54.7 Å². The number of aliphatic hydroxyl groups is 2. The molecule has 0 aromatic rings. The maximum Gasteiger partial charge on any atom is 0.309 e. The quantitative estimate of drug-likeness (QED) is 0.0434. The lowest BCUT2D eigenvalue weighted by Gasteiger charge is -2.39. The number of aliphatic hydroxyl groups excluding tert-OH is 1. The van der Waals surface area contributed by atoms with Crippen LogP contribution in [0.15, 0.2) is 36.0 Å². The summed E-state index contributed by atoms with van der Waals surface area (Å²) in [5.41, 5.74) is -1.18. The summed E-state index contributed by atoms with van der Waals surface area (Å²) in [6.45, 7) is 27.0. The van der Waals surface area contributed by atoms with E-state index in [2.05, 4.69) is 68.4 Å². The molecule has 0 aromatic heterocycles. The lowest BCUT2D eigenvalue weighted by Crippen LogP contribution is -2.46. The maximum atomic E-state index is 13.0. The minimum absolute atomic E-state index is 0.0758. The number of cyclic esters (lactones) is 1. The van der Waals surface area contributed by atoms with Gasteiger partial charge < -0.3 is 33.3 Å². The van der Waals surface area contributed by atoms with Gasteiger partial charge in [0.15, 0.2) is 16.6 Å². The fourth-order valence-corrected chi connectivity index (χ4v) is 14.1. The predicted molar refractivity (Wildman–Crippen MR) is 219 cm³/mol. The highest BCUT2D eigenvalue weighted by Gasteiger charge is 2.50. The van der Waals surface area contributed by atoms with Crippen molar-refractivity contribution >= 4 is 28.6 Å². The molecule has 1 fully saturated rings. The van der Waals surface area contributed by atoms with Gasteiger partial charge in [0.05, 0.1) is 30.3 Å². The molecule has 0 unspecified atom stereocenters. The average molecular weight is 781 g/mol. The van der Waals surface area contributed by atoms with Crippen LogP contribution in [-0.2, 0) is 32.7 Å². The van der Waals surface area contributed by atoms with Crippen LogP contribution in [-0.4, -0.2) is 86.6 Å². The average Bonchev–Trinajstić information content (AvgIpc) is 3.88. The molecular formula is C42H76O9Si2. The van der Waals surface area contributed by atoms with Gasteiger partial charge in [-0.1, -0.05) is 86.6 Å². The fraction of sp³-hybridized carbons (Fsp3) is 0.810. The van der Waals surface area contributed by atoms with Crippen molar-refractivity contribution in [3.8, 4) is 0 Å². The minimum Gasteiger partial charge on any atom is -0.457 e. The molecule has 2 aliphatic heterocycles. The Hall–Kier alpha value is -1.61. The smallest absolute Gasteiger partial charge is 0.309 e. The van der Waals surface area contributed by atoms with Gasteiger partial charge in [0.25, 0.3) is 0 Å². The van der Waals surface area contributed by atoms with E-state index in [1.54, 1.807) is 13.0 Å². The van der Waals surface area contributed by atoms with Crippen molar-refractivity contribution < 1.29 is 42.9 Å². The summed E-state index contributed by atoms with van der Waals surface area (Å²) in [4.78, 5) is 24.9. The zero-order chi connectivity index (χ0) is 40.2. The van der Waals surface area contributed by atoms with Crippen molar-refractivity contribution in [3.05, 3.63) is 36.0 Å². The fourth-order valence-electron chi connectivity index (χ4n) is 8.01. The van der Waals surface area contributed by atoms with E-state index in [1.165, 1.54) is 6.92 Å². The molecule has 53 heavy (non-hydrogen) atoms. The summed E-state index contributed by atoms with van der Waals surface area (Å²) in [5, 5.41) is 21.8. The van der Waals surface area contributed by atoms with Crippen LogP contribution in [0.4, 0.5) is 0 Å². The SMILES string of the molecule is CC[C@H](O[Si](CC)(CC)CC)[C@@H](C)[C@H]1O[C@@H]1C[C@](C)(/C=C/C=C(\C)[C@H]1OC(=O)C[C@H](O)CC[C@@](C)(O)[C@@H](OC(C)=O)/C=C\[C@@H]1C)O[Si](CC)(CC)CC. The molecule has 0 amide bonds. The molecule has 0 aromatic carbocycles. The molecule has 306 valence electrons. The van der Waals surface area contributed by atoms with Gasteiger partial charge in [0, 0.05) is 31.3 Å². The number of carbonyl (C=O) groups is 2. The van der Waals surface area contributed by atoms with E-state index in [0.29, 0.717) is 0 Å². The standard InChI is InChI=1S/C42H76O9Si2/c1-14-35(50-52(15-2,16-3)17-4)32(10)40-36(48-40)29-41(12,51-53(18-5,19-6)20-7)26-21-22-30(8)39-31(9)23-24-37(47-33(11)43)42(13,46)27-25-34(44)28-38(45)49-39/h21-24,26,31-32,34-37,39-40,44,46H,14-20,25,27-29H2,1-13H3/b24-23-,26-21+,30-22+/t31-,32+,34+,35-,36+,37-,39+,40+,41-,42+/m0/s1. The molecule has 11 heteroatoms. The Morgan fingerprint density at radius 3 is 2.15 bits per heavy atom. The van der Waals surface area contributed by atoms with Gasteiger partial charge in [-0.05, 0) is 87.9 Å². The van der Waals surface area contributed by atoms with Crippen LogP contribution in [0.1, 0.15) is 122 Å². The van der Waals surface area contributed by atoms with Gasteiger partial charge in [-0.15, -0.1) is 0 Å². The highest BCUT2D eigenvalue weighted by molar-refractivity contribution is 6.74. The summed E-state index contributed by atoms with van der Waals surface area (Å²) in [7, 11) is -3.78. The second-order valence-electron chi connectivity index (χ2n) is 16.4. The lowest BCUT2D eigenvalue weighted by molar-refractivity contribution is -0.157. The van der Waals surface area contributed by atoms with Crippen molar-refractivity contribution in [2.75, 3.05) is 0 Å². The molecule has 0 spiro atoms. The van der Waals surface area contributed by atoms with Crippen LogP contribution in [0, 0.1) is 11.8 Å². The monoisotopic (exact) mass is 781 g/mol. The Bertz CT molecular complexity index is 1220. The third kappa shape index (κ3) is 13.8. The van der Waals surface area contributed by atoms with Crippen molar-refractivity contribution in [2.24, 2.45) is 11.8 Å². The summed E-state index contributed by atoms with van der Waals surface area (Å²) in [5.74, 6) is -1.05. The molecule has 9 nitrogen and oxygen atoms in total. The number of hydrogen-bond donors (Lipinski definition) is 2. The van der Waals surface area contributed by atoms with Gasteiger partial charge in [-0.2, -0.15) is 0 Å². The molecule has 0 radical (unpaired) electrons. The number of allylic oxidation sites excluding steroid dienone is 2. The van der Waals surface area contributed by atoms with Gasteiger partial charge in [0.1, 0.15) is 17.8 Å². The summed E-state index contributed by atoms with van der Waals surface area (Å²) >= 11 is 0. The molecule has 0 bridgehead atoms. The van der Waals surface area contributed by atoms with E-state index in [9.17, 15) is 19.8 Å². The lowest BCUT2D eigenvalue weighted by atomic mass is 9.88.